The van der Waals surface area contributed by atoms with E-state index in [0.717, 1.165) is 21.9 Å². The Morgan fingerprint density at radius 3 is 2.79 bits per heavy atom. The molecule has 1 aromatic carbocycles. The molecule has 0 amide bonds. The van der Waals surface area contributed by atoms with Gasteiger partial charge in [0.05, 0.1) is 6.61 Å². The maximum Gasteiger partial charge on any atom is 0.169 e. The zero-order valence-electron chi connectivity index (χ0n) is 10.2. The summed E-state index contributed by atoms with van der Waals surface area (Å²) in [7, 11) is 0. The molecule has 0 radical (unpaired) electrons. The molecule has 0 spiro atoms. The Balaban J connectivity index is 2.11. The molecule has 19 heavy (non-hydrogen) atoms. The molecular weight excluding hydrogens is 258 g/mol. The molecule has 2 heterocycles. The Hall–Kier alpha value is -1.85. The van der Waals surface area contributed by atoms with Crippen LogP contribution in [0.2, 0.25) is 0 Å². The third-order valence-electron chi connectivity index (χ3n) is 2.79. The number of nitrogens with zero attached hydrogens (tertiary/aromatic N) is 3. The van der Waals surface area contributed by atoms with Crippen LogP contribution in [0.15, 0.2) is 53.6 Å². The molecule has 0 aliphatic carbocycles. The highest BCUT2D eigenvalue weighted by atomic mass is 32.2. The number of hydrogen-bond acceptors (Lipinski definition) is 4. The van der Waals surface area contributed by atoms with Crippen LogP contribution >= 0.6 is 11.8 Å². The summed E-state index contributed by atoms with van der Waals surface area (Å²) in [6.45, 7) is 0.166. The molecule has 0 bridgehead atoms. The van der Waals surface area contributed by atoms with Gasteiger partial charge in [-0.2, -0.15) is 0 Å². The highest BCUT2D eigenvalue weighted by molar-refractivity contribution is 7.99. The summed E-state index contributed by atoms with van der Waals surface area (Å²) >= 11 is 1.62. The molecule has 1 N–H and O–H groups in total. The summed E-state index contributed by atoms with van der Waals surface area (Å²) in [6, 6.07) is 13.9. The maximum absolute atomic E-state index is 8.97. The highest BCUT2D eigenvalue weighted by Gasteiger charge is 2.11. The average molecular weight is 271 g/mol. The zero-order chi connectivity index (χ0) is 13.1. The molecule has 0 saturated heterocycles. The van der Waals surface area contributed by atoms with Crippen molar-refractivity contribution in [2.75, 3.05) is 12.4 Å². The molecule has 0 saturated carbocycles. The van der Waals surface area contributed by atoms with Gasteiger partial charge in [0.15, 0.2) is 11.5 Å². The Bertz CT molecular complexity index is 696. The van der Waals surface area contributed by atoms with Gasteiger partial charge >= 0.3 is 0 Å². The number of hydrogen-bond donors (Lipinski definition) is 1. The van der Waals surface area contributed by atoms with E-state index < -0.39 is 0 Å². The SMILES string of the molecule is OCCSc1ccccc1-c1nnc2ccccn12. The molecule has 3 aromatic rings. The lowest BCUT2D eigenvalue weighted by Crippen LogP contribution is -1.92. The Kier molecular flexibility index (Phi) is 3.48. The number of aromatic nitrogens is 3. The first kappa shape index (κ1) is 12.2. The van der Waals surface area contributed by atoms with Crippen LogP contribution in [0.1, 0.15) is 0 Å². The third kappa shape index (κ3) is 2.34. The van der Waals surface area contributed by atoms with Gasteiger partial charge in [0, 0.05) is 22.4 Å². The Labute approximate surface area is 115 Å². The van der Waals surface area contributed by atoms with Crippen molar-refractivity contribution < 1.29 is 5.11 Å². The molecule has 0 aliphatic heterocycles. The van der Waals surface area contributed by atoms with Crippen LogP contribution in [0.4, 0.5) is 0 Å². The normalized spacial score (nSPS) is 11.0. The van der Waals surface area contributed by atoms with Crippen LogP contribution in [-0.4, -0.2) is 32.1 Å². The second kappa shape index (κ2) is 5.42. The van der Waals surface area contributed by atoms with Gasteiger partial charge in [0.1, 0.15) is 0 Å². The fraction of sp³-hybridized carbons (Fsp3) is 0.143. The van der Waals surface area contributed by atoms with E-state index in [2.05, 4.69) is 10.2 Å². The second-order valence-corrected chi connectivity index (χ2v) is 5.16. The summed E-state index contributed by atoms with van der Waals surface area (Å²) < 4.78 is 1.97. The lowest BCUT2D eigenvalue weighted by molar-refractivity contribution is 0.322. The van der Waals surface area contributed by atoms with Gasteiger partial charge in [-0.05, 0) is 18.2 Å². The number of benzene rings is 1. The van der Waals surface area contributed by atoms with Crippen LogP contribution in [-0.2, 0) is 0 Å². The summed E-state index contributed by atoms with van der Waals surface area (Å²) in [4.78, 5) is 1.11. The minimum absolute atomic E-state index is 0.166. The van der Waals surface area contributed by atoms with E-state index in [1.165, 1.54) is 0 Å². The van der Waals surface area contributed by atoms with Gasteiger partial charge in [-0.1, -0.05) is 24.3 Å². The van der Waals surface area contributed by atoms with Crippen molar-refractivity contribution in [3.05, 3.63) is 48.7 Å². The number of aliphatic hydroxyl groups excluding tert-OH is 1. The summed E-state index contributed by atoms with van der Waals surface area (Å²) in [6.07, 6.45) is 1.96. The molecular formula is C14H13N3OS. The number of fused-ring (bicyclic) bond motifs is 1. The van der Waals surface area contributed by atoms with Crippen LogP contribution in [0.5, 0.6) is 0 Å². The minimum Gasteiger partial charge on any atom is -0.396 e. The van der Waals surface area contributed by atoms with Crippen LogP contribution < -0.4 is 0 Å². The van der Waals surface area contributed by atoms with Crippen LogP contribution in [0, 0.1) is 0 Å². The molecule has 0 unspecified atom stereocenters. The molecule has 5 heteroatoms. The van der Waals surface area contributed by atoms with E-state index >= 15 is 0 Å². The van der Waals surface area contributed by atoms with Crippen LogP contribution in [0.3, 0.4) is 0 Å². The van der Waals surface area contributed by atoms with E-state index in [0.29, 0.717) is 5.75 Å². The first-order chi connectivity index (χ1) is 9.40. The van der Waals surface area contributed by atoms with Crippen molar-refractivity contribution in [3.8, 4) is 11.4 Å². The molecule has 3 rings (SSSR count). The van der Waals surface area contributed by atoms with Gasteiger partial charge in [-0.3, -0.25) is 4.40 Å². The predicted octanol–water partition coefficient (Wildman–Crippen LogP) is 2.48. The van der Waals surface area contributed by atoms with Gasteiger partial charge in [0.2, 0.25) is 0 Å². The van der Waals surface area contributed by atoms with E-state index in [-0.39, 0.29) is 6.61 Å². The van der Waals surface area contributed by atoms with Gasteiger partial charge in [0.25, 0.3) is 0 Å². The molecule has 0 aliphatic rings. The molecule has 0 atom stereocenters. The molecule has 2 aromatic heterocycles. The van der Waals surface area contributed by atoms with Crippen molar-refractivity contribution in [1.82, 2.24) is 14.6 Å². The van der Waals surface area contributed by atoms with Gasteiger partial charge in [-0.15, -0.1) is 22.0 Å². The van der Waals surface area contributed by atoms with E-state index in [4.69, 9.17) is 5.11 Å². The fourth-order valence-corrected chi connectivity index (χ4v) is 2.76. The lowest BCUT2D eigenvalue weighted by Gasteiger charge is -2.06. The predicted molar refractivity (Wildman–Crippen MR) is 76.2 cm³/mol. The Morgan fingerprint density at radius 2 is 1.89 bits per heavy atom. The number of rotatable bonds is 4. The number of aliphatic hydroxyl groups is 1. The topological polar surface area (TPSA) is 50.4 Å². The monoisotopic (exact) mass is 271 g/mol. The smallest absolute Gasteiger partial charge is 0.169 e. The van der Waals surface area contributed by atoms with Crippen molar-refractivity contribution in [2.45, 2.75) is 4.90 Å². The Morgan fingerprint density at radius 1 is 1.05 bits per heavy atom. The molecule has 0 fully saturated rings. The summed E-state index contributed by atoms with van der Waals surface area (Å²) in [5.74, 6) is 1.50. The number of pyridine rings is 1. The second-order valence-electron chi connectivity index (χ2n) is 4.02. The zero-order valence-corrected chi connectivity index (χ0v) is 11.0. The van der Waals surface area contributed by atoms with E-state index in [9.17, 15) is 0 Å². The quantitative estimate of drug-likeness (QED) is 0.741. The highest BCUT2D eigenvalue weighted by Crippen LogP contribution is 2.30. The van der Waals surface area contributed by atoms with Gasteiger partial charge < -0.3 is 5.11 Å². The van der Waals surface area contributed by atoms with E-state index in [1.807, 2.05) is 53.1 Å². The standard InChI is InChI=1S/C14H13N3OS/c18-9-10-19-12-6-2-1-5-11(12)14-16-15-13-7-3-4-8-17(13)14/h1-8,18H,9-10H2. The summed E-state index contributed by atoms with van der Waals surface area (Å²) in [5.41, 5.74) is 1.87. The number of thioether (sulfide) groups is 1. The first-order valence-corrected chi connectivity index (χ1v) is 7.01. The van der Waals surface area contributed by atoms with Crippen molar-refractivity contribution in [2.24, 2.45) is 0 Å². The van der Waals surface area contributed by atoms with Crippen LogP contribution in [0.25, 0.3) is 17.0 Å². The molecule has 96 valence electrons. The largest absolute Gasteiger partial charge is 0.396 e. The van der Waals surface area contributed by atoms with Gasteiger partial charge in [-0.25, -0.2) is 0 Å². The first-order valence-electron chi connectivity index (χ1n) is 6.03. The van der Waals surface area contributed by atoms with E-state index in [1.54, 1.807) is 11.8 Å². The minimum atomic E-state index is 0.166. The van der Waals surface area contributed by atoms with Crippen molar-refractivity contribution in [3.63, 3.8) is 0 Å². The molecule has 4 nitrogen and oxygen atoms in total. The maximum atomic E-state index is 8.97. The third-order valence-corrected chi connectivity index (χ3v) is 3.84. The van der Waals surface area contributed by atoms with Crippen molar-refractivity contribution in [1.29, 1.82) is 0 Å². The fourth-order valence-electron chi connectivity index (χ4n) is 1.96. The van der Waals surface area contributed by atoms with Crippen molar-refractivity contribution >= 4 is 17.4 Å². The summed E-state index contributed by atoms with van der Waals surface area (Å²) in [5, 5.41) is 17.4. The average Bonchev–Trinajstić information content (AvgIpc) is 2.89. The lowest BCUT2D eigenvalue weighted by atomic mass is 10.2.